The molecule has 0 aliphatic rings. The summed E-state index contributed by atoms with van der Waals surface area (Å²) in [4.78, 5) is 23.4. The minimum absolute atomic E-state index is 0.0590. The number of carbonyl (C=O) groups excluding carboxylic acids is 1. The second-order valence-corrected chi connectivity index (χ2v) is 6.80. The fraction of sp³-hybridized carbons (Fsp3) is 0.467. The van der Waals surface area contributed by atoms with Gasteiger partial charge >= 0.3 is 5.97 Å². The Bertz CT molecular complexity index is 567. The van der Waals surface area contributed by atoms with Gasteiger partial charge in [0.2, 0.25) is 0 Å². The van der Waals surface area contributed by atoms with Gasteiger partial charge in [0.1, 0.15) is 5.75 Å². The topological polar surface area (TPSA) is 86.6 Å². The predicted molar refractivity (Wildman–Crippen MR) is 80.7 cm³/mol. The van der Waals surface area contributed by atoms with Crippen LogP contribution in [0.4, 0.5) is 0 Å². The van der Waals surface area contributed by atoms with E-state index in [1.54, 1.807) is 27.7 Å². The van der Waals surface area contributed by atoms with Crippen LogP contribution < -0.4 is 5.32 Å². The molecule has 0 heterocycles. The molecule has 0 bridgehead atoms. The number of aromatic hydroxyl groups is 1. The summed E-state index contributed by atoms with van der Waals surface area (Å²) in [7, 11) is 0. The average Bonchev–Trinajstić information content (AvgIpc) is 2.29. The van der Waals surface area contributed by atoms with Crippen molar-refractivity contribution in [3.8, 4) is 5.75 Å². The third-order valence-corrected chi connectivity index (χ3v) is 3.35. The molecular weight excluding hydrogens is 294 g/mol. The number of nitrogens with one attached hydrogen (secondary N) is 1. The first-order valence-corrected chi connectivity index (χ1v) is 6.87. The smallest absolute Gasteiger partial charge is 0.309 e. The number of halogens is 1. The van der Waals surface area contributed by atoms with Crippen molar-refractivity contribution in [2.24, 2.45) is 5.41 Å². The molecule has 6 heteroatoms. The van der Waals surface area contributed by atoms with E-state index < -0.39 is 22.8 Å². The summed E-state index contributed by atoms with van der Waals surface area (Å²) in [5.74, 6) is -1.61. The summed E-state index contributed by atoms with van der Waals surface area (Å²) in [6, 6.07) is 4.18. The molecule has 0 aliphatic carbocycles. The third kappa shape index (κ3) is 4.63. The Morgan fingerprint density at radius 1 is 1.24 bits per heavy atom. The molecule has 0 saturated carbocycles. The van der Waals surface area contributed by atoms with Gasteiger partial charge in [-0.15, -0.1) is 0 Å². The minimum atomic E-state index is -0.979. The van der Waals surface area contributed by atoms with Gasteiger partial charge in [0, 0.05) is 10.6 Å². The number of phenols is 1. The maximum absolute atomic E-state index is 12.2. The summed E-state index contributed by atoms with van der Waals surface area (Å²) in [6.07, 6.45) is 0.238. The second kappa shape index (κ2) is 5.93. The monoisotopic (exact) mass is 313 g/mol. The first-order chi connectivity index (χ1) is 9.44. The molecule has 0 aromatic heterocycles. The predicted octanol–water partition coefficient (Wildman–Crippen LogP) is 3.05. The van der Waals surface area contributed by atoms with E-state index in [-0.39, 0.29) is 17.7 Å². The number of hydrogen-bond acceptors (Lipinski definition) is 3. The molecule has 1 aromatic rings. The van der Waals surface area contributed by atoms with Crippen LogP contribution in [0.25, 0.3) is 0 Å². The van der Waals surface area contributed by atoms with Crippen LogP contribution in [0.15, 0.2) is 18.2 Å². The highest BCUT2D eigenvalue weighted by molar-refractivity contribution is 6.31. The molecule has 1 aromatic carbocycles. The lowest BCUT2D eigenvalue weighted by molar-refractivity contribution is -0.148. The molecule has 0 fully saturated rings. The van der Waals surface area contributed by atoms with Crippen molar-refractivity contribution in [3.05, 3.63) is 28.8 Å². The number of carboxylic acid groups (broad SMARTS) is 1. The van der Waals surface area contributed by atoms with Gasteiger partial charge in [-0.05, 0) is 52.3 Å². The first-order valence-electron chi connectivity index (χ1n) is 6.49. The molecule has 116 valence electrons. The lowest BCUT2D eigenvalue weighted by Gasteiger charge is -2.33. The fourth-order valence-corrected chi connectivity index (χ4v) is 2.46. The van der Waals surface area contributed by atoms with E-state index in [9.17, 15) is 14.7 Å². The molecule has 1 rings (SSSR count). The molecule has 0 spiro atoms. The number of carbonyl (C=O) groups is 2. The van der Waals surface area contributed by atoms with Gasteiger partial charge in [-0.2, -0.15) is 0 Å². The van der Waals surface area contributed by atoms with Crippen LogP contribution in [-0.2, 0) is 4.79 Å². The average molecular weight is 314 g/mol. The van der Waals surface area contributed by atoms with Crippen molar-refractivity contribution in [1.82, 2.24) is 5.32 Å². The van der Waals surface area contributed by atoms with E-state index in [2.05, 4.69) is 5.32 Å². The molecule has 0 unspecified atom stereocenters. The van der Waals surface area contributed by atoms with Crippen LogP contribution in [-0.4, -0.2) is 27.6 Å². The third-order valence-electron chi connectivity index (χ3n) is 3.12. The maximum Gasteiger partial charge on any atom is 0.309 e. The molecular formula is C15H20ClNO4. The Hall–Kier alpha value is -1.75. The van der Waals surface area contributed by atoms with E-state index in [0.717, 1.165) is 0 Å². The minimum Gasteiger partial charge on any atom is -0.507 e. The summed E-state index contributed by atoms with van der Waals surface area (Å²) in [5, 5.41) is 21.9. The Balaban J connectivity index is 2.91. The van der Waals surface area contributed by atoms with Gasteiger partial charge in [0.05, 0.1) is 11.0 Å². The lowest BCUT2D eigenvalue weighted by Crippen LogP contribution is -2.47. The van der Waals surface area contributed by atoms with E-state index >= 15 is 0 Å². The zero-order valence-corrected chi connectivity index (χ0v) is 13.3. The highest BCUT2D eigenvalue weighted by Crippen LogP contribution is 2.29. The Labute approximate surface area is 128 Å². The second-order valence-electron chi connectivity index (χ2n) is 6.37. The van der Waals surface area contributed by atoms with Crippen molar-refractivity contribution >= 4 is 23.5 Å². The van der Waals surface area contributed by atoms with Crippen LogP contribution in [0.2, 0.25) is 5.02 Å². The van der Waals surface area contributed by atoms with Crippen molar-refractivity contribution in [2.45, 2.75) is 39.7 Å². The first kappa shape index (κ1) is 17.3. The quantitative estimate of drug-likeness (QED) is 0.779. The lowest BCUT2D eigenvalue weighted by atomic mass is 9.80. The summed E-state index contributed by atoms with van der Waals surface area (Å²) >= 11 is 5.81. The van der Waals surface area contributed by atoms with E-state index in [1.807, 2.05) is 0 Å². The van der Waals surface area contributed by atoms with Crippen LogP contribution in [0, 0.1) is 5.41 Å². The molecule has 5 nitrogen and oxygen atoms in total. The van der Waals surface area contributed by atoms with Gasteiger partial charge < -0.3 is 15.5 Å². The number of aliphatic carboxylic acids is 1. The van der Waals surface area contributed by atoms with E-state index in [1.165, 1.54) is 18.2 Å². The van der Waals surface area contributed by atoms with Crippen molar-refractivity contribution < 1.29 is 19.8 Å². The van der Waals surface area contributed by atoms with E-state index in [4.69, 9.17) is 16.7 Å². The molecule has 1 amide bonds. The molecule has 0 aliphatic heterocycles. The van der Waals surface area contributed by atoms with Gasteiger partial charge in [0.15, 0.2) is 0 Å². The van der Waals surface area contributed by atoms with Crippen molar-refractivity contribution in [3.63, 3.8) is 0 Å². The Morgan fingerprint density at radius 3 is 2.33 bits per heavy atom. The zero-order valence-electron chi connectivity index (χ0n) is 12.5. The standard InChI is InChI=1S/C15H20ClNO4/c1-14(2,13(20)21)8-15(3,4)17-12(19)10-7-9(16)5-6-11(10)18/h5-7,18H,8H2,1-4H3,(H,17,19)(H,20,21). The largest absolute Gasteiger partial charge is 0.507 e. The number of amides is 1. The van der Waals surface area contributed by atoms with Gasteiger partial charge in [-0.3, -0.25) is 9.59 Å². The number of rotatable bonds is 5. The highest BCUT2D eigenvalue weighted by atomic mass is 35.5. The van der Waals surface area contributed by atoms with Gasteiger partial charge in [-0.25, -0.2) is 0 Å². The van der Waals surface area contributed by atoms with Crippen LogP contribution in [0.1, 0.15) is 44.5 Å². The van der Waals surface area contributed by atoms with Crippen molar-refractivity contribution in [1.29, 1.82) is 0 Å². The summed E-state index contributed by atoms with van der Waals surface area (Å²) in [5.41, 5.74) is -1.68. The maximum atomic E-state index is 12.2. The van der Waals surface area contributed by atoms with Crippen LogP contribution in [0.5, 0.6) is 5.75 Å². The van der Waals surface area contributed by atoms with Crippen LogP contribution in [0.3, 0.4) is 0 Å². The number of phenolic OH excluding ortho intramolecular Hbond substituents is 1. The fourth-order valence-electron chi connectivity index (χ4n) is 2.29. The normalized spacial score (nSPS) is 12.0. The zero-order chi connectivity index (χ0) is 16.4. The number of benzene rings is 1. The Kier molecular flexibility index (Phi) is 4.89. The SMILES string of the molecule is CC(C)(CC(C)(C)C(=O)O)NC(=O)c1cc(Cl)ccc1O. The summed E-state index contributed by atoms with van der Waals surface area (Å²) in [6.45, 7) is 6.66. The number of hydrogen-bond donors (Lipinski definition) is 3. The van der Waals surface area contributed by atoms with Crippen LogP contribution >= 0.6 is 11.6 Å². The highest BCUT2D eigenvalue weighted by Gasteiger charge is 2.35. The molecule has 0 saturated heterocycles. The summed E-state index contributed by atoms with van der Waals surface area (Å²) < 4.78 is 0. The number of carboxylic acids is 1. The van der Waals surface area contributed by atoms with Crippen molar-refractivity contribution in [2.75, 3.05) is 0 Å². The molecule has 3 N–H and O–H groups in total. The molecule has 0 atom stereocenters. The van der Waals surface area contributed by atoms with Gasteiger partial charge in [0.25, 0.3) is 5.91 Å². The van der Waals surface area contributed by atoms with Gasteiger partial charge in [-0.1, -0.05) is 11.6 Å². The Morgan fingerprint density at radius 2 is 1.81 bits per heavy atom. The van der Waals surface area contributed by atoms with E-state index in [0.29, 0.717) is 5.02 Å². The molecule has 21 heavy (non-hydrogen) atoms. The molecule has 0 radical (unpaired) electrons.